The summed E-state index contributed by atoms with van der Waals surface area (Å²) in [6, 6.07) is 0. The minimum atomic E-state index is -0.135. The largest absolute Gasteiger partial charge is 0.469 e. The molecule has 0 spiro atoms. The summed E-state index contributed by atoms with van der Waals surface area (Å²) in [7, 11) is 1.43. The van der Waals surface area contributed by atoms with Gasteiger partial charge in [-0.15, -0.1) is 0 Å². The molecule has 0 N–H and O–H groups in total. The van der Waals surface area contributed by atoms with Crippen molar-refractivity contribution < 1.29 is 9.53 Å². The lowest BCUT2D eigenvalue weighted by atomic mass is 10.2. The first-order valence-electron chi connectivity index (χ1n) is 8.57. The summed E-state index contributed by atoms with van der Waals surface area (Å²) in [5.74, 6) is 6.24. The Labute approximate surface area is 180 Å². The normalized spacial score (nSPS) is 12.5. The third-order valence-electron chi connectivity index (χ3n) is 3.21. The second-order valence-electron chi connectivity index (χ2n) is 5.32. The van der Waals surface area contributed by atoms with Crippen molar-refractivity contribution in [2.24, 2.45) is 0 Å². The Morgan fingerprint density at radius 1 is 0.960 bits per heavy atom. The highest BCUT2D eigenvalue weighted by Crippen LogP contribution is 2.15. The Balaban J connectivity index is 3.84. The van der Waals surface area contributed by atoms with Crippen molar-refractivity contribution in [2.45, 2.75) is 58.3 Å². The quantitative estimate of drug-likeness (QED) is 0.0881. The maximum Gasteiger partial charge on any atom is 0.305 e. The first-order chi connectivity index (χ1) is 12.1. The molecule has 2 nitrogen and oxygen atoms in total. The third-order valence-corrected chi connectivity index (χ3v) is 5.07. The highest BCUT2D eigenvalue weighted by atomic mass is 127. The molecule has 0 amide bonds. The zero-order valence-corrected chi connectivity index (χ0v) is 19.5. The van der Waals surface area contributed by atoms with Crippen LogP contribution in [0.3, 0.4) is 0 Å². The van der Waals surface area contributed by atoms with Crippen molar-refractivity contribution in [1.82, 2.24) is 0 Å². The van der Waals surface area contributed by atoms with E-state index in [0.29, 0.717) is 6.42 Å². The number of hydrogen-bond acceptors (Lipinski definition) is 2. The lowest BCUT2D eigenvalue weighted by molar-refractivity contribution is -0.140. The van der Waals surface area contributed by atoms with Gasteiger partial charge in [-0.1, -0.05) is 48.3 Å². The SMILES string of the molecule is C/C=C/CC/C(I)=C\CC#CC/C=C\C/C(I)=C\CCCC(=O)OC. The number of halogens is 2. The average molecular weight is 566 g/mol. The Hall–Kier alpha value is -0.550. The van der Waals surface area contributed by atoms with E-state index in [-0.39, 0.29) is 5.97 Å². The summed E-state index contributed by atoms with van der Waals surface area (Å²) in [6.07, 6.45) is 20.0. The summed E-state index contributed by atoms with van der Waals surface area (Å²) in [6.45, 7) is 2.05. The van der Waals surface area contributed by atoms with Gasteiger partial charge >= 0.3 is 5.97 Å². The molecule has 0 aromatic rings. The highest BCUT2D eigenvalue weighted by molar-refractivity contribution is 14.1. The Morgan fingerprint density at radius 3 is 2.44 bits per heavy atom. The van der Waals surface area contributed by atoms with E-state index < -0.39 is 0 Å². The van der Waals surface area contributed by atoms with Gasteiger partial charge in [-0.05, 0) is 91.4 Å². The second-order valence-corrected chi connectivity index (χ2v) is 8.09. The molecule has 138 valence electrons. The van der Waals surface area contributed by atoms with Crippen molar-refractivity contribution in [2.75, 3.05) is 7.11 Å². The van der Waals surface area contributed by atoms with E-state index in [0.717, 1.165) is 44.9 Å². The van der Waals surface area contributed by atoms with Crippen molar-refractivity contribution >= 4 is 51.2 Å². The Morgan fingerprint density at radius 2 is 1.72 bits per heavy atom. The zero-order chi connectivity index (χ0) is 18.8. The number of ether oxygens (including phenoxy) is 1. The van der Waals surface area contributed by atoms with E-state index in [1.54, 1.807) is 0 Å². The number of carbonyl (C=O) groups excluding carboxylic acids is 1. The number of allylic oxidation sites excluding steroid dienone is 8. The molecule has 0 aliphatic rings. The molecule has 0 radical (unpaired) electrons. The van der Waals surface area contributed by atoms with Crippen LogP contribution in [0.15, 0.2) is 43.6 Å². The maximum atomic E-state index is 11.0. The van der Waals surface area contributed by atoms with Gasteiger partial charge in [-0.2, -0.15) is 0 Å². The third kappa shape index (κ3) is 18.0. The molecule has 0 aliphatic heterocycles. The number of carbonyl (C=O) groups is 1. The molecule has 0 heterocycles. The van der Waals surface area contributed by atoms with Gasteiger partial charge in [-0.3, -0.25) is 4.79 Å². The Bertz CT molecular complexity index is 546. The van der Waals surface area contributed by atoms with Gasteiger partial charge in [-0.25, -0.2) is 0 Å². The van der Waals surface area contributed by atoms with E-state index >= 15 is 0 Å². The first kappa shape index (κ1) is 24.5. The number of hydrogen-bond donors (Lipinski definition) is 0. The number of unbranched alkanes of at least 4 members (excludes halogenated alkanes) is 1. The van der Waals surface area contributed by atoms with Crippen molar-refractivity contribution in [1.29, 1.82) is 0 Å². The molecule has 0 rings (SSSR count). The minimum absolute atomic E-state index is 0.135. The van der Waals surface area contributed by atoms with Crippen LogP contribution in [0.5, 0.6) is 0 Å². The second kappa shape index (κ2) is 18.2. The van der Waals surface area contributed by atoms with Gasteiger partial charge in [0.15, 0.2) is 0 Å². The topological polar surface area (TPSA) is 26.3 Å². The summed E-state index contributed by atoms with van der Waals surface area (Å²) in [5.41, 5.74) is 0. The van der Waals surface area contributed by atoms with Crippen LogP contribution < -0.4 is 0 Å². The van der Waals surface area contributed by atoms with Crippen LogP contribution in [0.25, 0.3) is 0 Å². The van der Waals surface area contributed by atoms with Crippen molar-refractivity contribution in [3.05, 3.63) is 43.6 Å². The van der Waals surface area contributed by atoms with Crippen LogP contribution in [0, 0.1) is 11.8 Å². The summed E-state index contributed by atoms with van der Waals surface area (Å²) in [5, 5.41) is 0. The molecule has 4 heteroatoms. The fourth-order valence-electron chi connectivity index (χ4n) is 1.82. The number of methoxy groups -OCH3 is 1. The smallest absolute Gasteiger partial charge is 0.305 e. The lowest BCUT2D eigenvalue weighted by Crippen LogP contribution is -1.98. The lowest BCUT2D eigenvalue weighted by Gasteiger charge is -1.97. The van der Waals surface area contributed by atoms with Gasteiger partial charge in [0.2, 0.25) is 0 Å². The van der Waals surface area contributed by atoms with Crippen LogP contribution in [-0.2, 0) is 9.53 Å². The van der Waals surface area contributed by atoms with E-state index in [1.165, 1.54) is 14.3 Å². The molecular weight excluding hydrogens is 538 g/mol. The zero-order valence-electron chi connectivity index (χ0n) is 15.2. The fourth-order valence-corrected chi connectivity index (χ4v) is 2.92. The predicted molar refractivity (Wildman–Crippen MR) is 125 cm³/mol. The molecule has 0 aliphatic carbocycles. The van der Waals surface area contributed by atoms with Crippen molar-refractivity contribution in [3.63, 3.8) is 0 Å². The molecule has 0 fully saturated rings. The van der Waals surface area contributed by atoms with Gasteiger partial charge in [0.1, 0.15) is 0 Å². The summed E-state index contributed by atoms with van der Waals surface area (Å²) < 4.78 is 7.30. The standard InChI is InChI=1S/C21H28I2O2/c1-3-4-9-14-19(22)15-10-7-5-6-8-11-16-20(23)17-12-13-18-21(24)25-2/h3-4,8,11,15,17H,6,9-10,12-14,16,18H2,1-2H3/b4-3+,11-8-,19-15+,20-17+. The van der Waals surface area contributed by atoms with E-state index in [4.69, 9.17) is 0 Å². The van der Waals surface area contributed by atoms with E-state index in [1.807, 2.05) is 0 Å². The molecule has 0 aromatic heterocycles. The van der Waals surface area contributed by atoms with Crippen LogP contribution in [0.1, 0.15) is 58.3 Å². The van der Waals surface area contributed by atoms with Gasteiger partial charge in [0.05, 0.1) is 7.11 Å². The molecule has 0 saturated carbocycles. The average Bonchev–Trinajstić information content (AvgIpc) is 2.60. The highest BCUT2D eigenvalue weighted by Gasteiger charge is 1.97. The van der Waals surface area contributed by atoms with E-state index in [2.05, 4.69) is 105 Å². The monoisotopic (exact) mass is 566 g/mol. The molecule has 25 heavy (non-hydrogen) atoms. The van der Waals surface area contributed by atoms with Crippen molar-refractivity contribution in [3.8, 4) is 11.8 Å². The molecule has 0 bridgehead atoms. The summed E-state index contributed by atoms with van der Waals surface area (Å²) >= 11 is 4.74. The van der Waals surface area contributed by atoms with Crippen LogP contribution in [0.2, 0.25) is 0 Å². The van der Waals surface area contributed by atoms with Gasteiger partial charge in [0, 0.05) is 19.3 Å². The fraction of sp³-hybridized carbons (Fsp3) is 0.476. The van der Waals surface area contributed by atoms with Gasteiger partial charge in [0.25, 0.3) is 0 Å². The first-order valence-corrected chi connectivity index (χ1v) is 10.7. The summed E-state index contributed by atoms with van der Waals surface area (Å²) in [4.78, 5) is 11.0. The molecule has 0 unspecified atom stereocenters. The van der Waals surface area contributed by atoms with Crippen LogP contribution in [0.4, 0.5) is 0 Å². The minimum Gasteiger partial charge on any atom is -0.469 e. The van der Waals surface area contributed by atoms with E-state index in [9.17, 15) is 4.79 Å². The molecule has 0 aromatic carbocycles. The molecule has 0 atom stereocenters. The maximum absolute atomic E-state index is 11.0. The van der Waals surface area contributed by atoms with Gasteiger partial charge < -0.3 is 4.74 Å². The number of esters is 1. The molecular formula is C21H28I2O2. The number of rotatable bonds is 11. The molecule has 0 saturated heterocycles. The van der Waals surface area contributed by atoms with Crippen LogP contribution in [-0.4, -0.2) is 13.1 Å². The van der Waals surface area contributed by atoms with Crippen LogP contribution >= 0.6 is 45.2 Å². The Kier molecular flexibility index (Phi) is 17.8. The predicted octanol–water partition coefficient (Wildman–Crippen LogP) is 7.05.